The highest BCUT2D eigenvalue weighted by molar-refractivity contribution is 7.91. The predicted molar refractivity (Wildman–Crippen MR) is 79.6 cm³/mol. The lowest BCUT2D eigenvalue weighted by Crippen LogP contribution is -2.43. The zero-order valence-electron chi connectivity index (χ0n) is 11.1. The molecular weight excluding hydrogens is 300 g/mol. The van der Waals surface area contributed by atoms with E-state index in [0.29, 0.717) is 24.1 Å². The van der Waals surface area contributed by atoms with Crippen molar-refractivity contribution < 1.29 is 8.42 Å². The van der Waals surface area contributed by atoms with Crippen LogP contribution in [0.1, 0.15) is 12.0 Å². The van der Waals surface area contributed by atoms with Gasteiger partial charge in [-0.05, 0) is 18.1 Å². The second kappa shape index (κ2) is 6.41. The summed E-state index contributed by atoms with van der Waals surface area (Å²) in [6.07, 6.45) is 2.30. The van der Waals surface area contributed by atoms with Gasteiger partial charge in [0.25, 0.3) is 0 Å². The van der Waals surface area contributed by atoms with Gasteiger partial charge in [0.1, 0.15) is 5.15 Å². The van der Waals surface area contributed by atoms with Gasteiger partial charge in [0.15, 0.2) is 15.8 Å². The molecular formula is C12H17ClN4O2S. The maximum Gasteiger partial charge on any atom is 0.191 e. The van der Waals surface area contributed by atoms with Crippen LogP contribution in [0.5, 0.6) is 0 Å². The van der Waals surface area contributed by atoms with Crippen molar-refractivity contribution in [1.29, 1.82) is 0 Å². The van der Waals surface area contributed by atoms with Gasteiger partial charge in [-0.15, -0.1) is 0 Å². The molecule has 110 valence electrons. The fraction of sp³-hybridized carbons (Fsp3) is 0.500. The van der Waals surface area contributed by atoms with Crippen molar-refractivity contribution in [2.24, 2.45) is 4.99 Å². The molecule has 0 aromatic carbocycles. The van der Waals surface area contributed by atoms with Crippen LogP contribution in [0.3, 0.4) is 0 Å². The Bertz CT molecular complexity index is 586. The lowest BCUT2D eigenvalue weighted by Gasteiger charge is -2.16. The number of rotatable bonds is 3. The van der Waals surface area contributed by atoms with Crippen LogP contribution in [0.4, 0.5) is 0 Å². The van der Waals surface area contributed by atoms with E-state index in [9.17, 15) is 8.42 Å². The Balaban J connectivity index is 1.86. The highest BCUT2D eigenvalue weighted by Crippen LogP contribution is 2.11. The zero-order valence-corrected chi connectivity index (χ0v) is 12.7. The van der Waals surface area contributed by atoms with Gasteiger partial charge < -0.3 is 10.6 Å². The molecule has 8 heteroatoms. The van der Waals surface area contributed by atoms with E-state index in [2.05, 4.69) is 20.6 Å². The zero-order chi connectivity index (χ0) is 14.6. The topological polar surface area (TPSA) is 83.4 Å². The maximum absolute atomic E-state index is 11.4. The summed E-state index contributed by atoms with van der Waals surface area (Å²) in [5.74, 6) is 0.987. The van der Waals surface area contributed by atoms with Crippen LogP contribution in [-0.2, 0) is 16.4 Å². The molecule has 0 amide bonds. The van der Waals surface area contributed by atoms with Crippen LogP contribution < -0.4 is 10.6 Å². The number of aromatic nitrogens is 1. The van der Waals surface area contributed by atoms with E-state index in [4.69, 9.17) is 11.6 Å². The molecule has 2 N–H and O–H groups in total. The number of hydrogen-bond donors (Lipinski definition) is 2. The van der Waals surface area contributed by atoms with Crippen LogP contribution in [0.25, 0.3) is 0 Å². The first-order valence-corrected chi connectivity index (χ1v) is 8.46. The highest BCUT2D eigenvalue weighted by atomic mass is 35.5. The minimum Gasteiger partial charge on any atom is -0.353 e. The summed E-state index contributed by atoms with van der Waals surface area (Å²) in [4.78, 5) is 8.08. The molecule has 0 radical (unpaired) electrons. The van der Waals surface area contributed by atoms with E-state index in [-0.39, 0.29) is 17.5 Å². The molecule has 1 aliphatic rings. The van der Waals surface area contributed by atoms with E-state index >= 15 is 0 Å². The molecule has 0 bridgehead atoms. The molecule has 1 aromatic rings. The van der Waals surface area contributed by atoms with Gasteiger partial charge in [0.05, 0.1) is 11.5 Å². The number of halogens is 1. The van der Waals surface area contributed by atoms with Crippen molar-refractivity contribution in [3.05, 3.63) is 29.0 Å². The molecule has 1 fully saturated rings. The predicted octanol–water partition coefficient (Wildman–Crippen LogP) is 0.587. The molecule has 1 aliphatic heterocycles. The Hall–Kier alpha value is -1.34. The summed E-state index contributed by atoms with van der Waals surface area (Å²) in [6.45, 7) is 0.545. The van der Waals surface area contributed by atoms with Crippen LogP contribution in [0.15, 0.2) is 23.3 Å². The van der Waals surface area contributed by atoms with Crippen LogP contribution in [0.2, 0.25) is 5.15 Å². The van der Waals surface area contributed by atoms with E-state index in [0.717, 1.165) is 5.56 Å². The Kier molecular flexibility index (Phi) is 4.82. The first-order chi connectivity index (χ1) is 9.48. The van der Waals surface area contributed by atoms with Gasteiger partial charge in [-0.25, -0.2) is 13.4 Å². The number of guanidine groups is 1. The van der Waals surface area contributed by atoms with Gasteiger partial charge in [0, 0.05) is 25.8 Å². The van der Waals surface area contributed by atoms with Gasteiger partial charge >= 0.3 is 0 Å². The summed E-state index contributed by atoms with van der Waals surface area (Å²) < 4.78 is 22.8. The van der Waals surface area contributed by atoms with Crippen molar-refractivity contribution in [2.45, 2.75) is 19.0 Å². The van der Waals surface area contributed by atoms with Crippen molar-refractivity contribution in [2.75, 3.05) is 18.6 Å². The molecule has 1 atom stereocenters. The number of nitrogens with zero attached hydrogens (tertiary/aromatic N) is 2. The van der Waals surface area contributed by atoms with Gasteiger partial charge in [-0.1, -0.05) is 17.7 Å². The smallest absolute Gasteiger partial charge is 0.191 e. The monoisotopic (exact) mass is 316 g/mol. The Morgan fingerprint density at radius 1 is 1.55 bits per heavy atom. The Labute approximate surface area is 123 Å². The quantitative estimate of drug-likeness (QED) is 0.484. The SMILES string of the molecule is CN=C(NCc1ccc(Cl)nc1)NC1CCS(=O)(=O)C1. The Morgan fingerprint density at radius 2 is 2.35 bits per heavy atom. The number of nitrogens with one attached hydrogen (secondary N) is 2. The average molecular weight is 317 g/mol. The third kappa shape index (κ3) is 4.35. The van der Waals surface area contributed by atoms with E-state index < -0.39 is 9.84 Å². The lowest BCUT2D eigenvalue weighted by atomic mass is 10.2. The molecule has 20 heavy (non-hydrogen) atoms. The van der Waals surface area contributed by atoms with Crippen molar-refractivity contribution >= 4 is 27.4 Å². The van der Waals surface area contributed by atoms with Gasteiger partial charge in [0.2, 0.25) is 0 Å². The largest absolute Gasteiger partial charge is 0.353 e. The lowest BCUT2D eigenvalue weighted by molar-refractivity contribution is 0.599. The molecule has 6 nitrogen and oxygen atoms in total. The first-order valence-electron chi connectivity index (χ1n) is 6.26. The number of aliphatic imine (C=N–C) groups is 1. The summed E-state index contributed by atoms with van der Waals surface area (Å²) in [6, 6.07) is 3.52. The van der Waals surface area contributed by atoms with Gasteiger partial charge in [-0.3, -0.25) is 4.99 Å². The first kappa shape index (κ1) is 15.1. The third-order valence-electron chi connectivity index (χ3n) is 3.05. The molecule has 2 heterocycles. The van der Waals surface area contributed by atoms with E-state index in [1.807, 2.05) is 6.07 Å². The fourth-order valence-corrected chi connectivity index (χ4v) is 3.78. The summed E-state index contributed by atoms with van der Waals surface area (Å²) in [7, 11) is -1.24. The Morgan fingerprint density at radius 3 is 2.90 bits per heavy atom. The summed E-state index contributed by atoms with van der Waals surface area (Å²) in [5.41, 5.74) is 0.969. The second-order valence-electron chi connectivity index (χ2n) is 4.66. The number of hydrogen-bond acceptors (Lipinski definition) is 4. The molecule has 2 rings (SSSR count). The molecule has 0 aliphatic carbocycles. The van der Waals surface area contributed by atoms with Crippen LogP contribution >= 0.6 is 11.6 Å². The standard InChI is InChI=1S/C12H17ClN4O2S/c1-14-12(17-10-4-5-20(18,19)8-10)16-7-9-2-3-11(13)15-6-9/h2-3,6,10H,4-5,7-8H2,1H3,(H2,14,16,17). The molecule has 0 spiro atoms. The van der Waals surface area contributed by atoms with E-state index in [1.54, 1.807) is 19.3 Å². The van der Waals surface area contributed by atoms with Crippen molar-refractivity contribution in [1.82, 2.24) is 15.6 Å². The molecule has 1 unspecified atom stereocenters. The van der Waals surface area contributed by atoms with Gasteiger partial charge in [-0.2, -0.15) is 0 Å². The highest BCUT2D eigenvalue weighted by Gasteiger charge is 2.28. The normalized spacial score (nSPS) is 21.7. The van der Waals surface area contributed by atoms with Crippen molar-refractivity contribution in [3.63, 3.8) is 0 Å². The second-order valence-corrected chi connectivity index (χ2v) is 7.28. The molecule has 0 saturated carbocycles. The van der Waals surface area contributed by atoms with E-state index in [1.165, 1.54) is 0 Å². The number of pyridine rings is 1. The summed E-state index contributed by atoms with van der Waals surface area (Å²) in [5, 5.41) is 6.69. The fourth-order valence-electron chi connectivity index (χ4n) is 1.99. The number of sulfone groups is 1. The van der Waals surface area contributed by atoms with Crippen molar-refractivity contribution in [3.8, 4) is 0 Å². The summed E-state index contributed by atoms with van der Waals surface area (Å²) >= 11 is 5.72. The minimum absolute atomic E-state index is 0.0745. The molecule has 1 aromatic heterocycles. The maximum atomic E-state index is 11.4. The molecule has 1 saturated heterocycles. The van der Waals surface area contributed by atoms with Crippen LogP contribution in [-0.4, -0.2) is 44.0 Å². The average Bonchev–Trinajstić information content (AvgIpc) is 2.75. The van der Waals surface area contributed by atoms with Crippen LogP contribution in [0, 0.1) is 0 Å². The third-order valence-corrected chi connectivity index (χ3v) is 5.04. The minimum atomic E-state index is -2.89.